The Kier molecular flexibility index (Phi) is 3.65. The van der Waals surface area contributed by atoms with Crippen LogP contribution in [0.5, 0.6) is 0 Å². The van der Waals surface area contributed by atoms with Crippen molar-refractivity contribution in [3.05, 3.63) is 36.3 Å². The summed E-state index contributed by atoms with van der Waals surface area (Å²) in [6, 6.07) is 9.22. The molecule has 1 aliphatic rings. The van der Waals surface area contributed by atoms with Crippen LogP contribution in [0, 0.1) is 11.3 Å². The van der Waals surface area contributed by atoms with Gasteiger partial charge in [-0.05, 0) is 23.4 Å². The zero-order chi connectivity index (χ0) is 15.4. The maximum atomic E-state index is 11.7. The Labute approximate surface area is 125 Å². The first-order valence-electron chi connectivity index (χ1n) is 6.54. The molecule has 0 radical (unpaired) electrons. The number of nitrogens with zero attached hydrogens (tertiary/aromatic N) is 5. The van der Waals surface area contributed by atoms with E-state index in [1.54, 1.807) is 4.90 Å². The molecule has 110 valence electrons. The van der Waals surface area contributed by atoms with Gasteiger partial charge in [0.25, 0.3) is 0 Å². The number of carbonyl (C=O) groups is 1. The van der Waals surface area contributed by atoms with Crippen molar-refractivity contribution in [2.75, 3.05) is 23.3 Å². The van der Waals surface area contributed by atoms with Crippen molar-refractivity contribution < 1.29 is 4.79 Å². The number of H-pyrrole nitrogens is 1. The molecule has 2 aromatic rings. The molecule has 22 heavy (non-hydrogen) atoms. The van der Waals surface area contributed by atoms with Gasteiger partial charge in [0.1, 0.15) is 11.6 Å². The lowest BCUT2D eigenvalue weighted by Gasteiger charge is -2.15. The van der Waals surface area contributed by atoms with Crippen LogP contribution in [-0.4, -0.2) is 39.7 Å². The first-order valence-corrected chi connectivity index (χ1v) is 6.54. The summed E-state index contributed by atoms with van der Waals surface area (Å²) in [5.41, 5.74) is 1.78. The van der Waals surface area contributed by atoms with Gasteiger partial charge in [0.05, 0.1) is 0 Å². The Balaban J connectivity index is 1.78. The third-order valence-corrected chi connectivity index (χ3v) is 3.10. The van der Waals surface area contributed by atoms with Crippen molar-refractivity contribution in [3.63, 3.8) is 0 Å². The van der Waals surface area contributed by atoms with Crippen LogP contribution in [0.25, 0.3) is 5.57 Å². The number of amides is 2. The summed E-state index contributed by atoms with van der Waals surface area (Å²) in [4.78, 5) is 13.3. The minimum absolute atomic E-state index is 0.114. The molecule has 2 heterocycles. The van der Waals surface area contributed by atoms with Gasteiger partial charge in [-0.2, -0.15) is 10.5 Å². The van der Waals surface area contributed by atoms with Gasteiger partial charge in [-0.1, -0.05) is 6.07 Å². The lowest BCUT2D eigenvalue weighted by Crippen LogP contribution is -2.27. The molecule has 0 unspecified atom stereocenters. The van der Waals surface area contributed by atoms with Crippen LogP contribution >= 0.6 is 0 Å². The summed E-state index contributed by atoms with van der Waals surface area (Å²) in [6.45, 7) is 1.26. The van der Waals surface area contributed by atoms with Gasteiger partial charge in [-0.3, -0.25) is 4.90 Å². The summed E-state index contributed by atoms with van der Waals surface area (Å²) in [6.07, 6.45) is 1.49. The van der Waals surface area contributed by atoms with Crippen molar-refractivity contribution in [1.29, 1.82) is 5.26 Å². The third kappa shape index (κ3) is 2.71. The molecule has 2 amide bonds. The van der Waals surface area contributed by atoms with E-state index in [0.29, 0.717) is 13.1 Å². The number of carbonyl (C=O) groups excluding carboxylic acids is 1. The SMILES string of the molecule is N#CC(=CNc1cccc(N2CCNC2=O)c1)c1nn[nH]n1. The fourth-order valence-electron chi connectivity index (χ4n) is 2.06. The van der Waals surface area contributed by atoms with Crippen LogP contribution < -0.4 is 15.5 Å². The standard InChI is InChI=1S/C13H12N8O/c14-7-9(12-17-19-20-18-12)8-16-10-2-1-3-11(6-10)21-5-4-15-13(21)22/h1-3,6,8,16H,4-5H2,(H,15,22)(H,17,18,19,20). The molecule has 1 aromatic carbocycles. The Bertz CT molecular complexity index is 746. The number of rotatable bonds is 4. The summed E-state index contributed by atoms with van der Waals surface area (Å²) >= 11 is 0. The summed E-state index contributed by atoms with van der Waals surface area (Å²) in [5.74, 6) is 0.213. The molecule has 0 aliphatic carbocycles. The first-order chi connectivity index (χ1) is 10.8. The molecular formula is C13H12N8O. The Morgan fingerprint density at radius 2 is 2.41 bits per heavy atom. The molecule has 3 rings (SSSR count). The quantitative estimate of drug-likeness (QED) is 0.714. The van der Waals surface area contributed by atoms with Gasteiger partial charge in [-0.15, -0.1) is 10.2 Å². The largest absolute Gasteiger partial charge is 0.360 e. The average Bonchev–Trinajstić information content (AvgIpc) is 3.20. The second kappa shape index (κ2) is 5.92. The second-order valence-electron chi connectivity index (χ2n) is 4.48. The average molecular weight is 296 g/mol. The predicted molar refractivity (Wildman–Crippen MR) is 78.6 cm³/mol. The van der Waals surface area contributed by atoms with Crippen molar-refractivity contribution >= 4 is 23.0 Å². The molecule has 0 saturated carbocycles. The number of hydrogen-bond donors (Lipinski definition) is 3. The highest BCUT2D eigenvalue weighted by Gasteiger charge is 2.20. The fraction of sp³-hybridized carbons (Fsp3) is 0.154. The van der Waals surface area contributed by atoms with Crippen LogP contribution in [0.3, 0.4) is 0 Å². The van der Waals surface area contributed by atoms with E-state index in [9.17, 15) is 4.79 Å². The lowest BCUT2D eigenvalue weighted by molar-refractivity contribution is 0.252. The molecule has 9 nitrogen and oxygen atoms in total. The molecular weight excluding hydrogens is 284 g/mol. The third-order valence-electron chi connectivity index (χ3n) is 3.10. The number of benzene rings is 1. The maximum Gasteiger partial charge on any atom is 0.321 e. The van der Waals surface area contributed by atoms with Crippen LogP contribution in [-0.2, 0) is 0 Å². The number of anilines is 2. The molecule has 0 spiro atoms. The number of hydrogen-bond acceptors (Lipinski definition) is 6. The Hall–Kier alpha value is -3.41. The van der Waals surface area contributed by atoms with Gasteiger partial charge in [0.2, 0.25) is 5.82 Å². The Morgan fingerprint density at radius 3 is 3.09 bits per heavy atom. The van der Waals surface area contributed by atoms with Crippen LogP contribution in [0.4, 0.5) is 16.2 Å². The van der Waals surface area contributed by atoms with E-state index < -0.39 is 0 Å². The fourth-order valence-corrected chi connectivity index (χ4v) is 2.06. The minimum Gasteiger partial charge on any atom is -0.360 e. The van der Waals surface area contributed by atoms with Crippen molar-refractivity contribution in [2.24, 2.45) is 0 Å². The highest BCUT2D eigenvalue weighted by Crippen LogP contribution is 2.21. The van der Waals surface area contributed by atoms with E-state index in [4.69, 9.17) is 5.26 Å². The van der Waals surface area contributed by atoms with E-state index in [2.05, 4.69) is 31.3 Å². The smallest absolute Gasteiger partial charge is 0.321 e. The van der Waals surface area contributed by atoms with Gasteiger partial charge in [0, 0.05) is 30.7 Å². The number of allylic oxidation sites excluding steroid dienone is 1. The molecule has 9 heteroatoms. The number of aromatic amines is 1. The zero-order valence-corrected chi connectivity index (χ0v) is 11.4. The number of nitrogens with one attached hydrogen (secondary N) is 3. The van der Waals surface area contributed by atoms with Crippen molar-refractivity contribution in [1.82, 2.24) is 25.9 Å². The number of nitriles is 1. The molecule has 1 saturated heterocycles. The van der Waals surface area contributed by atoms with Gasteiger partial charge >= 0.3 is 6.03 Å². The van der Waals surface area contributed by atoms with E-state index in [1.807, 2.05) is 30.3 Å². The topological polar surface area (TPSA) is 123 Å². The zero-order valence-electron chi connectivity index (χ0n) is 11.4. The molecule has 1 aromatic heterocycles. The van der Waals surface area contributed by atoms with E-state index in [0.717, 1.165) is 11.4 Å². The van der Waals surface area contributed by atoms with Crippen LogP contribution in [0.2, 0.25) is 0 Å². The minimum atomic E-state index is -0.114. The summed E-state index contributed by atoms with van der Waals surface area (Å²) in [5, 5.41) is 28.1. The molecule has 0 bridgehead atoms. The Morgan fingerprint density at radius 1 is 1.50 bits per heavy atom. The normalized spacial score (nSPS) is 14.6. The lowest BCUT2D eigenvalue weighted by atomic mass is 10.2. The summed E-state index contributed by atoms with van der Waals surface area (Å²) in [7, 11) is 0. The van der Waals surface area contributed by atoms with Gasteiger partial charge in [0.15, 0.2) is 0 Å². The van der Waals surface area contributed by atoms with Crippen molar-refractivity contribution in [3.8, 4) is 6.07 Å². The van der Waals surface area contributed by atoms with Crippen LogP contribution in [0.15, 0.2) is 30.5 Å². The predicted octanol–water partition coefficient (Wildman–Crippen LogP) is 0.706. The summed E-state index contributed by atoms with van der Waals surface area (Å²) < 4.78 is 0. The van der Waals surface area contributed by atoms with E-state index >= 15 is 0 Å². The van der Waals surface area contributed by atoms with E-state index in [-0.39, 0.29) is 17.4 Å². The maximum absolute atomic E-state index is 11.7. The molecule has 3 N–H and O–H groups in total. The molecule has 0 atom stereocenters. The number of aromatic nitrogens is 4. The monoisotopic (exact) mass is 296 g/mol. The van der Waals surface area contributed by atoms with E-state index in [1.165, 1.54) is 6.20 Å². The van der Waals surface area contributed by atoms with Crippen LogP contribution in [0.1, 0.15) is 5.82 Å². The molecule has 1 fully saturated rings. The molecule has 1 aliphatic heterocycles. The highest BCUT2D eigenvalue weighted by molar-refractivity contribution is 5.94. The van der Waals surface area contributed by atoms with Gasteiger partial charge < -0.3 is 10.6 Å². The van der Waals surface area contributed by atoms with Crippen molar-refractivity contribution in [2.45, 2.75) is 0 Å². The van der Waals surface area contributed by atoms with Gasteiger partial charge in [-0.25, -0.2) is 4.79 Å². The highest BCUT2D eigenvalue weighted by atomic mass is 16.2. The first kappa shape index (κ1) is 13.6. The second-order valence-corrected chi connectivity index (χ2v) is 4.48. The number of tetrazole rings is 1. The number of urea groups is 1.